The van der Waals surface area contributed by atoms with Gasteiger partial charge < -0.3 is 4.74 Å². The van der Waals surface area contributed by atoms with Gasteiger partial charge in [0, 0.05) is 22.3 Å². The van der Waals surface area contributed by atoms with Crippen LogP contribution in [0.25, 0.3) is 78.3 Å². The molecular weight excluding hydrogens is 695 g/mol. The summed E-state index contributed by atoms with van der Waals surface area (Å²) in [6.45, 7) is 6.42. The summed E-state index contributed by atoms with van der Waals surface area (Å²) in [7, 11) is 1.64. The Morgan fingerprint density at radius 3 is 1.86 bits per heavy atom. The van der Waals surface area contributed by atoms with E-state index in [1.165, 1.54) is 0 Å². The van der Waals surface area contributed by atoms with Crippen LogP contribution in [0, 0.1) is 0 Å². The number of hydrogen-bond donors (Lipinski definition) is 0. The molecule has 0 saturated carbocycles. The summed E-state index contributed by atoms with van der Waals surface area (Å²) in [4.78, 5) is 5.29. The van der Waals surface area contributed by atoms with Gasteiger partial charge in [-0.15, -0.1) is 0 Å². The molecule has 0 aliphatic rings. The van der Waals surface area contributed by atoms with E-state index in [2.05, 4.69) is 63.2 Å². The number of benzene rings is 7. The maximum Gasteiger partial charge on any atom is 0.255 e. The van der Waals surface area contributed by atoms with E-state index in [9.17, 15) is 0 Å². The summed E-state index contributed by atoms with van der Waals surface area (Å²) < 4.78 is 97.2. The van der Waals surface area contributed by atoms with Crippen molar-refractivity contribution in [1.29, 1.82) is 0 Å². The van der Waals surface area contributed by atoms with Gasteiger partial charge in [0.25, 0.3) is 6.33 Å². The number of nitrogens with zero attached hydrogens (tertiary/aromatic N) is 3. The zero-order chi connectivity index (χ0) is 47.6. The molecule has 0 fully saturated rings. The Labute approximate surface area is 349 Å². The van der Waals surface area contributed by atoms with E-state index >= 15 is 0 Å². The average Bonchev–Trinajstić information content (AvgIpc) is 3.73. The van der Waals surface area contributed by atoms with E-state index < -0.39 is 60.4 Å². The highest BCUT2D eigenvalue weighted by Gasteiger charge is 2.26. The fourth-order valence-corrected chi connectivity index (χ4v) is 7.27. The summed E-state index contributed by atoms with van der Waals surface area (Å²) in [6.07, 6.45) is 1.83. The molecule has 4 nitrogen and oxygen atoms in total. The van der Waals surface area contributed by atoms with Crippen LogP contribution in [0.5, 0.6) is 5.75 Å². The van der Waals surface area contributed by atoms with Crippen molar-refractivity contribution in [3.8, 4) is 73.0 Å². The van der Waals surface area contributed by atoms with E-state index in [-0.39, 0.29) is 33.4 Å². The van der Waals surface area contributed by atoms with Crippen molar-refractivity contribution in [2.24, 2.45) is 0 Å². The fourth-order valence-electron chi connectivity index (χ4n) is 7.27. The third kappa shape index (κ3) is 6.91. The van der Waals surface area contributed by atoms with Crippen molar-refractivity contribution in [3.63, 3.8) is 0 Å². The topological polar surface area (TPSA) is 30.9 Å². The minimum absolute atomic E-state index is 0.105. The first-order valence-electron chi connectivity index (χ1n) is 23.7. The highest BCUT2D eigenvalue weighted by atomic mass is 16.5. The number of aromatic nitrogens is 3. The molecule has 276 valence electrons. The number of fused-ring (bicyclic) bond motifs is 1. The van der Waals surface area contributed by atoms with Gasteiger partial charge in [-0.05, 0) is 87.8 Å². The van der Waals surface area contributed by atoms with E-state index in [4.69, 9.17) is 23.4 Å². The van der Waals surface area contributed by atoms with Gasteiger partial charge in [0.1, 0.15) is 17.1 Å². The van der Waals surface area contributed by atoms with E-state index in [1.807, 2.05) is 77.6 Å². The van der Waals surface area contributed by atoms with Gasteiger partial charge in [0.05, 0.1) is 32.2 Å². The summed E-state index contributed by atoms with van der Waals surface area (Å²) in [5, 5.41) is 0. The quantitative estimate of drug-likeness (QED) is 0.145. The van der Waals surface area contributed by atoms with E-state index in [0.29, 0.717) is 17.0 Å². The second-order valence-corrected chi connectivity index (χ2v) is 14.8. The molecule has 2 aromatic heterocycles. The average molecular weight is 749 g/mol. The molecule has 0 amide bonds. The van der Waals surface area contributed by atoms with Gasteiger partial charge in [0.2, 0.25) is 0 Å². The number of hydrogen-bond acceptors (Lipinski definition) is 2. The Hall–Kier alpha value is -7.04. The molecule has 0 aliphatic carbocycles. The number of pyridine rings is 1. The molecule has 0 bridgehead atoms. The molecular formula is C53H44N3O+. The lowest BCUT2D eigenvalue weighted by Crippen LogP contribution is -2.30. The molecule has 2 heterocycles. The standard InChI is InChI=1S/C53H44N3O/c1-53(2,3)42-31-41(47-33-40(37-19-8-5-9-20-37)34-48(54-47)46-25-14-17-30-51(46)57-4)32-43(35-42)55-36-56(50-29-16-15-28-49(50)55)52-44(38-21-10-6-11-22-38)26-18-27-45(52)39-23-12-7-13-24-39/h5-36H,1-4H3/q+1/i6D,7D,10D,11D,12D,13D,21D,22D,23D,24D. The predicted octanol–water partition coefficient (Wildman–Crippen LogP) is 12.9. The summed E-state index contributed by atoms with van der Waals surface area (Å²) in [5.74, 6) is 0.686. The van der Waals surface area contributed by atoms with Crippen LogP contribution in [-0.2, 0) is 5.41 Å². The number of ether oxygens (including phenoxy) is 1. The Balaban J connectivity index is 1.36. The molecule has 9 rings (SSSR count). The smallest absolute Gasteiger partial charge is 0.255 e. The molecule has 0 N–H and O–H groups in total. The van der Waals surface area contributed by atoms with Crippen LogP contribution in [0.3, 0.4) is 0 Å². The Bertz CT molecular complexity index is 3310. The lowest BCUT2D eigenvalue weighted by molar-refractivity contribution is -0.566. The van der Waals surface area contributed by atoms with E-state index in [1.54, 1.807) is 29.9 Å². The van der Waals surface area contributed by atoms with Crippen molar-refractivity contribution < 1.29 is 23.0 Å². The van der Waals surface area contributed by atoms with Gasteiger partial charge in [0.15, 0.2) is 11.0 Å². The minimum Gasteiger partial charge on any atom is -0.496 e. The van der Waals surface area contributed by atoms with Crippen molar-refractivity contribution in [3.05, 3.63) is 200 Å². The highest BCUT2D eigenvalue weighted by molar-refractivity contribution is 5.85. The summed E-state index contributed by atoms with van der Waals surface area (Å²) in [6, 6.07) is 35.8. The molecule has 0 aliphatic heterocycles. The zero-order valence-electron chi connectivity index (χ0n) is 42.0. The van der Waals surface area contributed by atoms with Crippen LogP contribution < -0.4 is 9.30 Å². The minimum atomic E-state index is -0.556. The SMILES string of the molecule is [2H]c1c([2H])c([2H])c(-c2cccc(-c3c([2H])c([2H])c([2H])c([2H])c3[2H])c2-[n+]2cn(-c3cc(-c4cc(-c5ccccc5)cc(-c5ccccc5OC)n4)cc(C(C)(C)C)c3)c3ccccc32)c([2H])c1[2H]. The first kappa shape index (κ1) is 25.9. The van der Waals surface area contributed by atoms with Crippen molar-refractivity contribution in [2.75, 3.05) is 7.11 Å². The Morgan fingerprint density at radius 1 is 0.561 bits per heavy atom. The molecule has 4 heteroatoms. The molecule has 0 spiro atoms. The third-order valence-electron chi connectivity index (χ3n) is 10.1. The largest absolute Gasteiger partial charge is 0.496 e. The molecule has 0 radical (unpaired) electrons. The second kappa shape index (κ2) is 14.9. The van der Waals surface area contributed by atoms with Crippen LogP contribution in [0.1, 0.15) is 40.0 Å². The number of imidazole rings is 1. The third-order valence-corrected chi connectivity index (χ3v) is 10.1. The van der Waals surface area contributed by atoms with Crippen LogP contribution >= 0.6 is 0 Å². The number of para-hydroxylation sites is 4. The lowest BCUT2D eigenvalue weighted by atomic mass is 9.85. The second-order valence-electron chi connectivity index (χ2n) is 14.8. The van der Waals surface area contributed by atoms with Crippen LogP contribution in [0.15, 0.2) is 194 Å². The van der Waals surface area contributed by atoms with Crippen molar-refractivity contribution in [1.82, 2.24) is 9.55 Å². The predicted molar refractivity (Wildman–Crippen MR) is 235 cm³/mol. The number of rotatable bonds is 8. The maximum absolute atomic E-state index is 9.08. The van der Waals surface area contributed by atoms with Gasteiger partial charge in [-0.2, -0.15) is 9.13 Å². The molecule has 7 aromatic carbocycles. The van der Waals surface area contributed by atoms with Gasteiger partial charge in [-0.3, -0.25) is 0 Å². The fraction of sp³-hybridized carbons (Fsp3) is 0.0943. The van der Waals surface area contributed by atoms with Crippen molar-refractivity contribution in [2.45, 2.75) is 26.2 Å². The van der Waals surface area contributed by atoms with Gasteiger partial charge in [-0.1, -0.05) is 154 Å². The normalized spacial score (nSPS) is 14.0. The zero-order valence-corrected chi connectivity index (χ0v) is 32.0. The molecule has 57 heavy (non-hydrogen) atoms. The summed E-state index contributed by atoms with van der Waals surface area (Å²) in [5.41, 5.74) is 8.30. The van der Waals surface area contributed by atoms with Crippen LogP contribution in [0.4, 0.5) is 0 Å². The maximum atomic E-state index is 9.08. The van der Waals surface area contributed by atoms with Crippen LogP contribution in [-0.4, -0.2) is 16.7 Å². The van der Waals surface area contributed by atoms with E-state index in [0.717, 1.165) is 44.7 Å². The van der Waals surface area contributed by atoms with Crippen molar-refractivity contribution >= 4 is 11.0 Å². The van der Waals surface area contributed by atoms with Crippen LogP contribution in [0.2, 0.25) is 0 Å². The van der Waals surface area contributed by atoms with Gasteiger partial charge >= 0.3 is 0 Å². The van der Waals surface area contributed by atoms with Gasteiger partial charge in [-0.25, -0.2) is 4.98 Å². The first-order valence-corrected chi connectivity index (χ1v) is 18.7. The molecule has 9 aromatic rings. The summed E-state index contributed by atoms with van der Waals surface area (Å²) >= 11 is 0. The molecule has 0 atom stereocenters. The Kier molecular flexibility index (Phi) is 6.77. The molecule has 0 unspecified atom stereocenters. The lowest BCUT2D eigenvalue weighted by Gasteiger charge is -2.21. The monoisotopic (exact) mass is 748 g/mol. The first-order chi connectivity index (χ1) is 32.0. The Morgan fingerprint density at radius 2 is 1.18 bits per heavy atom. The highest BCUT2D eigenvalue weighted by Crippen LogP contribution is 2.38. The molecule has 0 saturated heterocycles. The number of methoxy groups -OCH3 is 1.